The summed E-state index contributed by atoms with van der Waals surface area (Å²) in [5.41, 5.74) is 0. The van der Waals surface area contributed by atoms with Crippen LogP contribution in [0.4, 0.5) is 0 Å². The quantitative estimate of drug-likeness (QED) is 0.600. The maximum atomic E-state index is 12.2. The molecule has 0 saturated carbocycles. The predicted octanol–water partition coefficient (Wildman–Crippen LogP) is 1.86. The molecule has 2 amide bonds. The molecular formula is C18H32N2O4. The van der Waals surface area contributed by atoms with Crippen LogP contribution in [-0.4, -0.2) is 36.0 Å². The number of carbonyl (C=O) groups excluding carboxylic acids is 4. The lowest BCUT2D eigenvalue weighted by atomic mass is 9.96. The fourth-order valence-corrected chi connectivity index (χ4v) is 2.06. The van der Waals surface area contributed by atoms with Gasteiger partial charge in [-0.05, 0) is 13.3 Å². The summed E-state index contributed by atoms with van der Waals surface area (Å²) in [5, 5.41) is 5.39. The molecule has 0 aromatic rings. The van der Waals surface area contributed by atoms with Gasteiger partial charge in [-0.2, -0.15) is 0 Å². The van der Waals surface area contributed by atoms with E-state index in [4.69, 9.17) is 0 Å². The fraction of sp³-hybridized carbons (Fsp3) is 0.778. The van der Waals surface area contributed by atoms with Crippen molar-refractivity contribution >= 4 is 23.4 Å². The van der Waals surface area contributed by atoms with Gasteiger partial charge in [0.25, 0.3) is 0 Å². The molecule has 0 aromatic heterocycles. The van der Waals surface area contributed by atoms with Crippen LogP contribution in [0, 0.1) is 17.8 Å². The van der Waals surface area contributed by atoms with Crippen molar-refractivity contribution in [3.05, 3.63) is 0 Å². The number of amides is 2. The van der Waals surface area contributed by atoms with Gasteiger partial charge in [-0.1, -0.05) is 34.6 Å². The molecule has 0 aliphatic carbocycles. The molecule has 3 atom stereocenters. The van der Waals surface area contributed by atoms with E-state index < -0.39 is 17.9 Å². The molecule has 24 heavy (non-hydrogen) atoms. The van der Waals surface area contributed by atoms with Gasteiger partial charge in [0.1, 0.15) is 5.78 Å². The van der Waals surface area contributed by atoms with E-state index in [2.05, 4.69) is 10.6 Å². The molecule has 2 N–H and O–H groups in total. The Labute approximate surface area is 145 Å². The van der Waals surface area contributed by atoms with Crippen molar-refractivity contribution in [3.63, 3.8) is 0 Å². The second kappa shape index (κ2) is 10.9. The molecule has 0 heterocycles. The first kappa shape index (κ1) is 22.3. The van der Waals surface area contributed by atoms with Crippen LogP contribution in [0.2, 0.25) is 0 Å². The molecule has 0 aliphatic rings. The van der Waals surface area contributed by atoms with Gasteiger partial charge in [-0.25, -0.2) is 0 Å². The van der Waals surface area contributed by atoms with Gasteiger partial charge < -0.3 is 10.6 Å². The Hall–Kier alpha value is -1.72. The summed E-state index contributed by atoms with van der Waals surface area (Å²) in [4.78, 5) is 47.7. The van der Waals surface area contributed by atoms with Crippen molar-refractivity contribution in [1.82, 2.24) is 10.6 Å². The fourth-order valence-electron chi connectivity index (χ4n) is 2.06. The predicted molar refractivity (Wildman–Crippen MR) is 93.3 cm³/mol. The number of rotatable bonds is 11. The van der Waals surface area contributed by atoms with E-state index in [9.17, 15) is 19.2 Å². The molecule has 6 heteroatoms. The Morgan fingerprint density at radius 1 is 0.792 bits per heavy atom. The lowest BCUT2D eigenvalue weighted by molar-refractivity contribution is -0.133. The lowest BCUT2D eigenvalue weighted by Crippen LogP contribution is -2.43. The first-order valence-corrected chi connectivity index (χ1v) is 8.73. The smallest absolute Gasteiger partial charge is 0.223 e. The minimum atomic E-state index is -0.671. The van der Waals surface area contributed by atoms with Crippen LogP contribution in [0.5, 0.6) is 0 Å². The van der Waals surface area contributed by atoms with Gasteiger partial charge in [-0.15, -0.1) is 0 Å². The van der Waals surface area contributed by atoms with Crippen molar-refractivity contribution in [1.29, 1.82) is 0 Å². The Bertz CT molecular complexity index is 460. The topological polar surface area (TPSA) is 92.3 Å². The maximum absolute atomic E-state index is 12.2. The van der Waals surface area contributed by atoms with Gasteiger partial charge >= 0.3 is 0 Å². The summed E-state index contributed by atoms with van der Waals surface area (Å²) >= 11 is 0. The van der Waals surface area contributed by atoms with Gasteiger partial charge in [0.05, 0.1) is 6.04 Å². The zero-order valence-corrected chi connectivity index (χ0v) is 15.8. The number of ketones is 2. The van der Waals surface area contributed by atoms with Crippen LogP contribution in [0.1, 0.15) is 60.8 Å². The number of nitrogens with one attached hydrogen (secondary N) is 2. The molecule has 0 bridgehead atoms. The first-order chi connectivity index (χ1) is 11.1. The highest BCUT2D eigenvalue weighted by Gasteiger charge is 2.24. The largest absolute Gasteiger partial charge is 0.356 e. The Balaban J connectivity index is 4.41. The molecular weight excluding hydrogens is 308 g/mol. The van der Waals surface area contributed by atoms with Gasteiger partial charge in [0.15, 0.2) is 5.78 Å². The first-order valence-electron chi connectivity index (χ1n) is 8.73. The van der Waals surface area contributed by atoms with E-state index >= 15 is 0 Å². The van der Waals surface area contributed by atoms with Gasteiger partial charge in [-0.3, -0.25) is 19.2 Å². The van der Waals surface area contributed by atoms with Crippen molar-refractivity contribution < 1.29 is 19.2 Å². The Morgan fingerprint density at radius 3 is 1.79 bits per heavy atom. The third kappa shape index (κ3) is 8.22. The van der Waals surface area contributed by atoms with Gasteiger partial charge in [0, 0.05) is 37.1 Å². The summed E-state index contributed by atoms with van der Waals surface area (Å²) in [7, 11) is 0. The number of carbonyl (C=O) groups is 4. The third-order valence-electron chi connectivity index (χ3n) is 3.94. The Kier molecular flexibility index (Phi) is 10.2. The van der Waals surface area contributed by atoms with E-state index in [0.29, 0.717) is 6.54 Å². The highest BCUT2D eigenvalue weighted by Crippen LogP contribution is 2.10. The standard InChI is InChI=1S/C18H32N2O4/c1-7-8-19-17(23)12(4)10-16(22)14(6)20-18(24)13(5)9-15(21)11(2)3/h11-14H,7-10H2,1-6H3,(H,19,23)(H,20,24)/t12-,13-,14+/m1/s1. The number of hydrogen-bond donors (Lipinski definition) is 2. The third-order valence-corrected chi connectivity index (χ3v) is 3.94. The molecule has 6 nitrogen and oxygen atoms in total. The molecule has 0 fully saturated rings. The van der Waals surface area contributed by atoms with E-state index in [0.717, 1.165) is 6.42 Å². The van der Waals surface area contributed by atoms with Crippen LogP contribution in [0.3, 0.4) is 0 Å². The number of Topliss-reactive ketones (excluding diaryl/α,β-unsaturated/α-hetero) is 2. The summed E-state index contributed by atoms with van der Waals surface area (Å²) in [6.07, 6.45) is 1.09. The monoisotopic (exact) mass is 340 g/mol. The van der Waals surface area contributed by atoms with E-state index in [1.54, 1.807) is 34.6 Å². The molecule has 0 aliphatic heterocycles. The molecule has 138 valence electrons. The zero-order chi connectivity index (χ0) is 18.9. The van der Waals surface area contributed by atoms with Crippen molar-refractivity contribution in [3.8, 4) is 0 Å². The van der Waals surface area contributed by atoms with Crippen LogP contribution >= 0.6 is 0 Å². The average molecular weight is 340 g/mol. The molecule has 0 unspecified atom stereocenters. The highest BCUT2D eigenvalue weighted by atomic mass is 16.2. The highest BCUT2D eigenvalue weighted by molar-refractivity contribution is 5.93. The minimum Gasteiger partial charge on any atom is -0.356 e. The molecule has 0 rings (SSSR count). The molecule has 0 spiro atoms. The zero-order valence-electron chi connectivity index (χ0n) is 15.8. The molecule has 0 saturated heterocycles. The Morgan fingerprint density at radius 2 is 1.29 bits per heavy atom. The average Bonchev–Trinajstić information content (AvgIpc) is 2.51. The van der Waals surface area contributed by atoms with Crippen LogP contribution in [-0.2, 0) is 19.2 Å². The summed E-state index contributed by atoms with van der Waals surface area (Å²) in [6.45, 7) is 11.1. The minimum absolute atomic E-state index is 0.0258. The summed E-state index contributed by atoms with van der Waals surface area (Å²) in [5.74, 6) is -1.64. The van der Waals surface area contributed by atoms with Crippen molar-refractivity contribution in [2.45, 2.75) is 66.8 Å². The van der Waals surface area contributed by atoms with Crippen LogP contribution in [0.25, 0.3) is 0 Å². The van der Waals surface area contributed by atoms with E-state index in [1.165, 1.54) is 0 Å². The van der Waals surface area contributed by atoms with E-state index in [-0.39, 0.29) is 42.1 Å². The summed E-state index contributed by atoms with van der Waals surface area (Å²) < 4.78 is 0. The second-order valence-electron chi connectivity index (χ2n) is 6.82. The summed E-state index contributed by atoms with van der Waals surface area (Å²) in [6, 6.07) is -0.671. The lowest BCUT2D eigenvalue weighted by Gasteiger charge is -2.18. The second-order valence-corrected chi connectivity index (χ2v) is 6.82. The van der Waals surface area contributed by atoms with Crippen molar-refractivity contribution in [2.75, 3.05) is 6.54 Å². The van der Waals surface area contributed by atoms with Gasteiger partial charge in [0.2, 0.25) is 11.8 Å². The van der Waals surface area contributed by atoms with Crippen LogP contribution in [0.15, 0.2) is 0 Å². The van der Waals surface area contributed by atoms with Crippen LogP contribution < -0.4 is 10.6 Å². The molecule has 0 radical (unpaired) electrons. The normalized spacial score (nSPS) is 14.6. The number of hydrogen-bond acceptors (Lipinski definition) is 4. The SMILES string of the molecule is CCCNC(=O)[C@H](C)CC(=O)[C@H](C)NC(=O)[C@H](C)CC(=O)C(C)C. The maximum Gasteiger partial charge on any atom is 0.223 e. The molecule has 0 aromatic carbocycles. The van der Waals surface area contributed by atoms with Crippen molar-refractivity contribution in [2.24, 2.45) is 17.8 Å². The van der Waals surface area contributed by atoms with E-state index in [1.807, 2.05) is 6.92 Å².